The first-order valence-electron chi connectivity index (χ1n) is 8.82. The van der Waals surface area contributed by atoms with Gasteiger partial charge in [-0.2, -0.15) is 0 Å². The molecule has 0 saturated carbocycles. The third kappa shape index (κ3) is 5.48. The van der Waals surface area contributed by atoms with Gasteiger partial charge in [-0.05, 0) is 37.8 Å². The number of methoxy groups -OCH3 is 1. The second-order valence-corrected chi connectivity index (χ2v) is 6.43. The average Bonchev–Trinajstić information content (AvgIpc) is 2.63. The summed E-state index contributed by atoms with van der Waals surface area (Å²) in [4.78, 5) is 37.4. The molecule has 27 heavy (non-hydrogen) atoms. The van der Waals surface area contributed by atoms with E-state index in [0.717, 1.165) is 12.1 Å². The molecule has 0 N–H and O–H groups in total. The zero-order chi connectivity index (χ0) is 20.0. The van der Waals surface area contributed by atoms with Gasteiger partial charge in [-0.25, -0.2) is 13.6 Å². The van der Waals surface area contributed by atoms with Gasteiger partial charge >= 0.3 is 12.1 Å². The molecule has 1 amide bonds. The minimum atomic E-state index is -0.709. The number of esters is 1. The molecule has 1 saturated heterocycles. The van der Waals surface area contributed by atoms with Crippen LogP contribution in [0.3, 0.4) is 0 Å². The third-order valence-electron chi connectivity index (χ3n) is 4.67. The Morgan fingerprint density at radius 2 is 2.00 bits per heavy atom. The number of nitrogens with zero attached hydrogens (tertiary/aromatic N) is 1. The highest BCUT2D eigenvalue weighted by molar-refractivity contribution is 5.96. The van der Waals surface area contributed by atoms with Gasteiger partial charge in [-0.1, -0.05) is 6.07 Å². The molecular weight excluding hydrogens is 360 g/mol. The average molecular weight is 383 g/mol. The molecule has 0 aromatic heterocycles. The molecule has 2 rings (SSSR count). The van der Waals surface area contributed by atoms with Crippen LogP contribution in [0.5, 0.6) is 0 Å². The van der Waals surface area contributed by atoms with E-state index >= 15 is 0 Å². The largest absolute Gasteiger partial charge is 0.466 e. The summed E-state index contributed by atoms with van der Waals surface area (Å²) < 4.78 is 36.7. The lowest BCUT2D eigenvalue weighted by Gasteiger charge is -2.38. The van der Waals surface area contributed by atoms with Crippen molar-refractivity contribution in [3.05, 3.63) is 35.4 Å². The van der Waals surface area contributed by atoms with E-state index in [1.165, 1.54) is 18.1 Å². The molecule has 2 atom stereocenters. The van der Waals surface area contributed by atoms with Crippen molar-refractivity contribution >= 4 is 17.8 Å². The molecule has 0 radical (unpaired) electrons. The van der Waals surface area contributed by atoms with E-state index in [1.807, 2.05) is 0 Å². The normalized spacial score (nSPS) is 19.5. The maximum Gasteiger partial charge on any atom is 0.409 e. The lowest BCUT2D eigenvalue weighted by Crippen LogP contribution is -2.48. The molecule has 148 valence electrons. The number of hydrogen-bond acceptors (Lipinski definition) is 5. The van der Waals surface area contributed by atoms with Crippen LogP contribution in [-0.4, -0.2) is 49.0 Å². The highest BCUT2D eigenvalue weighted by Gasteiger charge is 2.36. The number of amides is 1. The van der Waals surface area contributed by atoms with Crippen LogP contribution in [-0.2, 0) is 25.5 Å². The Balaban J connectivity index is 2.13. The van der Waals surface area contributed by atoms with Gasteiger partial charge in [0.1, 0.15) is 23.8 Å². The summed E-state index contributed by atoms with van der Waals surface area (Å²) in [6, 6.07) is 2.75. The first-order chi connectivity index (χ1) is 12.8. The monoisotopic (exact) mass is 383 g/mol. The van der Waals surface area contributed by atoms with E-state index in [2.05, 4.69) is 0 Å². The second-order valence-electron chi connectivity index (χ2n) is 6.43. The smallest absolute Gasteiger partial charge is 0.409 e. The van der Waals surface area contributed by atoms with Crippen molar-refractivity contribution in [1.29, 1.82) is 0 Å². The van der Waals surface area contributed by atoms with Crippen molar-refractivity contribution in [2.75, 3.05) is 20.3 Å². The van der Waals surface area contributed by atoms with Crippen LogP contribution < -0.4 is 0 Å². The Labute approximate surface area is 156 Å². The van der Waals surface area contributed by atoms with Gasteiger partial charge in [0.2, 0.25) is 0 Å². The Morgan fingerprint density at radius 3 is 2.63 bits per heavy atom. The zero-order valence-corrected chi connectivity index (χ0v) is 15.4. The number of benzene rings is 1. The highest BCUT2D eigenvalue weighted by atomic mass is 19.1. The van der Waals surface area contributed by atoms with Gasteiger partial charge in [0.05, 0.1) is 13.7 Å². The number of carbonyl (C=O) groups excluding carboxylic acids is 3. The molecule has 1 aromatic rings. The van der Waals surface area contributed by atoms with E-state index < -0.39 is 35.7 Å². The third-order valence-corrected chi connectivity index (χ3v) is 4.67. The van der Waals surface area contributed by atoms with Crippen LogP contribution in [0.25, 0.3) is 0 Å². The zero-order valence-electron chi connectivity index (χ0n) is 15.4. The number of ketones is 1. The second kappa shape index (κ2) is 9.43. The van der Waals surface area contributed by atoms with E-state index in [9.17, 15) is 23.2 Å². The van der Waals surface area contributed by atoms with Gasteiger partial charge in [0.15, 0.2) is 0 Å². The quantitative estimate of drug-likeness (QED) is 0.558. The number of piperidine rings is 1. The van der Waals surface area contributed by atoms with Crippen LogP contribution in [0.4, 0.5) is 13.6 Å². The van der Waals surface area contributed by atoms with Gasteiger partial charge in [0, 0.05) is 24.6 Å². The summed E-state index contributed by atoms with van der Waals surface area (Å²) in [5, 5.41) is 0. The molecule has 0 unspecified atom stereocenters. The molecular formula is C19H23F2NO5. The minimum Gasteiger partial charge on any atom is -0.466 e. The van der Waals surface area contributed by atoms with Crippen molar-refractivity contribution in [1.82, 2.24) is 4.90 Å². The Bertz CT molecular complexity index is 709. The maximum atomic E-state index is 14.0. The predicted molar refractivity (Wildman–Crippen MR) is 91.9 cm³/mol. The molecule has 1 aromatic carbocycles. The van der Waals surface area contributed by atoms with Crippen LogP contribution >= 0.6 is 0 Å². The molecule has 1 aliphatic heterocycles. The molecule has 0 spiro atoms. The summed E-state index contributed by atoms with van der Waals surface area (Å²) >= 11 is 0. The molecule has 0 bridgehead atoms. The van der Waals surface area contributed by atoms with Crippen molar-refractivity contribution in [3.63, 3.8) is 0 Å². The molecule has 0 aliphatic carbocycles. The molecule has 8 heteroatoms. The number of ether oxygens (including phenoxy) is 2. The summed E-state index contributed by atoms with van der Waals surface area (Å²) in [5.41, 5.74) is 0.244. The standard InChI is InChI=1S/C19H23F2NO5/c1-3-27-18(24)11-17(23)13-6-7-22(19(25)26-2)15(9-13)8-12-4-5-14(20)10-16(12)21/h4-5,10,13,15H,3,6-9,11H2,1-2H3/t13-,15-/m1/s1. The molecule has 6 nitrogen and oxygen atoms in total. The van der Waals surface area contributed by atoms with Crippen molar-refractivity contribution in [2.24, 2.45) is 5.92 Å². The SMILES string of the molecule is CCOC(=O)CC(=O)[C@@H]1CCN(C(=O)OC)[C@H](Cc2ccc(F)cc2F)C1. The summed E-state index contributed by atoms with van der Waals surface area (Å²) in [6.45, 7) is 2.10. The fraction of sp³-hybridized carbons (Fsp3) is 0.526. The number of halogens is 2. The first-order valence-corrected chi connectivity index (χ1v) is 8.82. The number of Topliss-reactive ketones (excluding diaryl/α,β-unsaturated/α-hetero) is 1. The van der Waals surface area contributed by atoms with Crippen LogP contribution in [0.15, 0.2) is 18.2 Å². The summed E-state index contributed by atoms with van der Waals surface area (Å²) in [6.07, 6.45) is -0.127. The Morgan fingerprint density at radius 1 is 1.26 bits per heavy atom. The van der Waals surface area contributed by atoms with Crippen LogP contribution in [0.2, 0.25) is 0 Å². The number of hydrogen-bond donors (Lipinski definition) is 0. The van der Waals surface area contributed by atoms with E-state index in [0.29, 0.717) is 6.42 Å². The Kier molecular flexibility index (Phi) is 7.27. The van der Waals surface area contributed by atoms with Gasteiger partial charge in [-0.3, -0.25) is 9.59 Å². The summed E-state index contributed by atoms with van der Waals surface area (Å²) in [5.74, 6) is -2.68. The molecule has 1 aliphatic rings. The fourth-order valence-electron chi connectivity index (χ4n) is 3.33. The maximum absolute atomic E-state index is 14.0. The number of carbonyl (C=O) groups is 3. The lowest BCUT2D eigenvalue weighted by molar-refractivity contribution is -0.146. The molecule has 1 fully saturated rings. The van der Waals surface area contributed by atoms with Crippen LogP contribution in [0.1, 0.15) is 31.7 Å². The van der Waals surface area contributed by atoms with E-state index in [1.54, 1.807) is 6.92 Å². The van der Waals surface area contributed by atoms with Gasteiger partial charge in [0.25, 0.3) is 0 Å². The number of likely N-dealkylation sites (tertiary alicyclic amines) is 1. The first kappa shape index (κ1) is 20.8. The van der Waals surface area contributed by atoms with Crippen molar-refractivity contribution in [2.45, 2.75) is 38.6 Å². The van der Waals surface area contributed by atoms with E-state index in [-0.39, 0.29) is 43.8 Å². The highest BCUT2D eigenvalue weighted by Crippen LogP contribution is 2.28. The van der Waals surface area contributed by atoms with Crippen molar-refractivity contribution in [3.8, 4) is 0 Å². The predicted octanol–water partition coefficient (Wildman–Crippen LogP) is 2.88. The van der Waals surface area contributed by atoms with Crippen LogP contribution in [0, 0.1) is 17.6 Å². The molecule has 1 heterocycles. The van der Waals surface area contributed by atoms with Gasteiger partial charge < -0.3 is 14.4 Å². The lowest BCUT2D eigenvalue weighted by atomic mass is 9.84. The fourth-order valence-corrected chi connectivity index (χ4v) is 3.33. The van der Waals surface area contributed by atoms with E-state index in [4.69, 9.17) is 9.47 Å². The van der Waals surface area contributed by atoms with Crippen molar-refractivity contribution < 1.29 is 32.6 Å². The topological polar surface area (TPSA) is 72.9 Å². The number of rotatable bonds is 6. The van der Waals surface area contributed by atoms with Gasteiger partial charge in [-0.15, -0.1) is 0 Å². The Hall–Kier alpha value is -2.51. The summed E-state index contributed by atoms with van der Waals surface area (Å²) in [7, 11) is 1.25. The minimum absolute atomic E-state index is 0.115.